The highest BCUT2D eigenvalue weighted by Crippen LogP contribution is 2.15. The van der Waals surface area contributed by atoms with Crippen molar-refractivity contribution in [3.05, 3.63) is 24.3 Å². The van der Waals surface area contributed by atoms with Gasteiger partial charge in [0.15, 0.2) is 9.84 Å². The number of aliphatic hydroxyl groups excluding tert-OH is 1. The molecule has 0 unspecified atom stereocenters. The molecule has 0 fully saturated rings. The summed E-state index contributed by atoms with van der Waals surface area (Å²) in [7, 11) is -3.27. The second-order valence-corrected chi connectivity index (χ2v) is 5.69. The topological polar surface area (TPSA) is 83.5 Å². The Hall–Kier alpha value is -1.40. The lowest BCUT2D eigenvalue weighted by Gasteiger charge is -2.06. The van der Waals surface area contributed by atoms with Crippen LogP contribution in [0, 0.1) is 0 Å². The number of rotatable bonds is 5. The lowest BCUT2D eigenvalue weighted by Crippen LogP contribution is -2.12. The van der Waals surface area contributed by atoms with Crippen LogP contribution in [0.5, 0.6) is 0 Å². The largest absolute Gasteiger partial charge is 0.396 e. The van der Waals surface area contributed by atoms with Crippen molar-refractivity contribution < 1.29 is 18.3 Å². The van der Waals surface area contributed by atoms with Crippen LogP contribution in [0.15, 0.2) is 29.2 Å². The summed E-state index contributed by atoms with van der Waals surface area (Å²) in [4.78, 5) is 11.5. The summed E-state index contributed by atoms with van der Waals surface area (Å²) < 4.78 is 22.6. The third kappa shape index (κ3) is 4.54. The molecule has 6 heteroatoms. The molecular weight excluding hydrogens is 242 g/mol. The molecule has 0 heterocycles. The molecule has 2 N–H and O–H groups in total. The highest BCUT2D eigenvalue weighted by molar-refractivity contribution is 7.90. The summed E-state index contributed by atoms with van der Waals surface area (Å²) in [5.41, 5.74) is 0.441. The number of sulfone groups is 1. The lowest BCUT2D eigenvalue weighted by atomic mass is 10.3. The van der Waals surface area contributed by atoms with Gasteiger partial charge in [-0.2, -0.15) is 0 Å². The predicted octanol–water partition coefficient (Wildman–Crippen LogP) is 0.801. The van der Waals surface area contributed by atoms with E-state index in [4.69, 9.17) is 5.11 Å². The summed E-state index contributed by atoms with van der Waals surface area (Å²) >= 11 is 0. The number of carbonyl (C=O) groups excluding carboxylic acids is 1. The van der Waals surface area contributed by atoms with Gasteiger partial charge in [0.1, 0.15) is 0 Å². The number of carbonyl (C=O) groups is 1. The average molecular weight is 257 g/mol. The summed E-state index contributed by atoms with van der Waals surface area (Å²) in [5, 5.41) is 11.1. The highest BCUT2D eigenvalue weighted by Gasteiger charge is 2.08. The van der Waals surface area contributed by atoms with E-state index in [1.807, 2.05) is 0 Å². The predicted molar refractivity (Wildman–Crippen MR) is 64.5 cm³/mol. The Morgan fingerprint density at radius 3 is 2.71 bits per heavy atom. The second-order valence-electron chi connectivity index (χ2n) is 3.68. The van der Waals surface area contributed by atoms with Crippen LogP contribution in [0.1, 0.15) is 12.8 Å². The van der Waals surface area contributed by atoms with Crippen LogP contribution in [0.3, 0.4) is 0 Å². The van der Waals surface area contributed by atoms with Crippen LogP contribution in [-0.2, 0) is 14.6 Å². The van der Waals surface area contributed by atoms with Crippen molar-refractivity contribution in [3.63, 3.8) is 0 Å². The molecule has 0 radical (unpaired) electrons. The van der Waals surface area contributed by atoms with E-state index >= 15 is 0 Å². The Morgan fingerprint density at radius 1 is 1.41 bits per heavy atom. The molecule has 1 rings (SSSR count). The second kappa shape index (κ2) is 5.79. The maximum Gasteiger partial charge on any atom is 0.224 e. The molecule has 5 nitrogen and oxygen atoms in total. The molecule has 1 aromatic carbocycles. The number of amides is 1. The van der Waals surface area contributed by atoms with E-state index in [0.29, 0.717) is 12.1 Å². The van der Waals surface area contributed by atoms with Gasteiger partial charge in [0.2, 0.25) is 5.91 Å². The first kappa shape index (κ1) is 13.7. The van der Waals surface area contributed by atoms with E-state index in [-0.39, 0.29) is 23.8 Å². The summed E-state index contributed by atoms with van der Waals surface area (Å²) in [6.45, 7) is -0.0448. The van der Waals surface area contributed by atoms with E-state index in [9.17, 15) is 13.2 Å². The van der Waals surface area contributed by atoms with Crippen LogP contribution in [0.2, 0.25) is 0 Å². The Morgan fingerprint density at radius 2 is 2.12 bits per heavy atom. The molecular formula is C11H15NO4S. The van der Waals surface area contributed by atoms with Gasteiger partial charge in [-0.05, 0) is 24.6 Å². The van der Waals surface area contributed by atoms with Gasteiger partial charge in [0.25, 0.3) is 0 Å². The molecule has 0 atom stereocenters. The molecule has 0 aliphatic heterocycles. The average Bonchev–Trinajstić information content (AvgIpc) is 2.25. The monoisotopic (exact) mass is 257 g/mol. The molecule has 0 aliphatic rings. The van der Waals surface area contributed by atoms with E-state index in [2.05, 4.69) is 5.32 Å². The number of aliphatic hydroxyl groups is 1. The van der Waals surface area contributed by atoms with Crippen molar-refractivity contribution in [1.82, 2.24) is 0 Å². The summed E-state index contributed by atoms with van der Waals surface area (Å²) in [6, 6.07) is 6.06. The van der Waals surface area contributed by atoms with Gasteiger partial charge in [-0.15, -0.1) is 0 Å². The van der Waals surface area contributed by atoms with Crippen molar-refractivity contribution in [3.8, 4) is 0 Å². The number of hydrogen-bond acceptors (Lipinski definition) is 4. The molecule has 17 heavy (non-hydrogen) atoms. The Labute approximate surface area is 100 Å². The number of anilines is 1. The van der Waals surface area contributed by atoms with Gasteiger partial charge in [-0.25, -0.2) is 8.42 Å². The normalized spacial score (nSPS) is 11.2. The van der Waals surface area contributed by atoms with Crippen LogP contribution < -0.4 is 5.32 Å². The van der Waals surface area contributed by atoms with Crippen molar-refractivity contribution >= 4 is 21.4 Å². The van der Waals surface area contributed by atoms with E-state index < -0.39 is 9.84 Å². The van der Waals surface area contributed by atoms with E-state index in [0.717, 1.165) is 6.26 Å². The maximum absolute atomic E-state index is 11.4. The smallest absolute Gasteiger partial charge is 0.224 e. The summed E-state index contributed by atoms with van der Waals surface area (Å²) in [5.74, 6) is -0.246. The third-order valence-electron chi connectivity index (χ3n) is 2.11. The quantitative estimate of drug-likeness (QED) is 0.817. The van der Waals surface area contributed by atoms with Crippen LogP contribution in [-0.4, -0.2) is 32.3 Å². The zero-order valence-corrected chi connectivity index (χ0v) is 10.3. The fraction of sp³-hybridized carbons (Fsp3) is 0.364. The van der Waals surface area contributed by atoms with Crippen LogP contribution in [0.25, 0.3) is 0 Å². The minimum atomic E-state index is -3.27. The van der Waals surface area contributed by atoms with Crippen LogP contribution in [0.4, 0.5) is 5.69 Å². The van der Waals surface area contributed by atoms with Gasteiger partial charge >= 0.3 is 0 Å². The molecule has 0 bridgehead atoms. The minimum absolute atomic E-state index is 0.0448. The Bertz CT molecular complexity index is 496. The number of nitrogens with one attached hydrogen (secondary N) is 1. The van der Waals surface area contributed by atoms with Gasteiger partial charge in [-0.1, -0.05) is 6.07 Å². The van der Waals surface area contributed by atoms with Crippen molar-refractivity contribution in [2.24, 2.45) is 0 Å². The maximum atomic E-state index is 11.4. The Balaban J connectivity index is 2.76. The van der Waals surface area contributed by atoms with Gasteiger partial charge in [0.05, 0.1) is 4.90 Å². The molecule has 0 saturated carbocycles. The first-order valence-electron chi connectivity index (χ1n) is 5.14. The van der Waals surface area contributed by atoms with Crippen LogP contribution >= 0.6 is 0 Å². The van der Waals surface area contributed by atoms with Crippen molar-refractivity contribution in [1.29, 1.82) is 0 Å². The zero-order valence-electron chi connectivity index (χ0n) is 9.51. The first-order valence-corrected chi connectivity index (χ1v) is 7.03. The SMILES string of the molecule is CS(=O)(=O)c1cccc(NC(=O)CCCO)c1. The van der Waals surface area contributed by atoms with Crippen molar-refractivity contribution in [2.75, 3.05) is 18.2 Å². The fourth-order valence-electron chi connectivity index (χ4n) is 1.27. The molecule has 94 valence electrons. The number of benzene rings is 1. The fourth-order valence-corrected chi connectivity index (χ4v) is 1.93. The minimum Gasteiger partial charge on any atom is -0.396 e. The van der Waals surface area contributed by atoms with Gasteiger partial charge in [0, 0.05) is 25.0 Å². The van der Waals surface area contributed by atoms with Gasteiger partial charge < -0.3 is 10.4 Å². The number of hydrogen-bond donors (Lipinski definition) is 2. The Kier molecular flexibility index (Phi) is 4.65. The summed E-state index contributed by atoms with van der Waals surface area (Å²) in [6.07, 6.45) is 1.71. The van der Waals surface area contributed by atoms with E-state index in [1.165, 1.54) is 12.1 Å². The molecule has 1 amide bonds. The zero-order chi connectivity index (χ0) is 12.9. The third-order valence-corrected chi connectivity index (χ3v) is 3.22. The van der Waals surface area contributed by atoms with Gasteiger partial charge in [-0.3, -0.25) is 4.79 Å². The standard InChI is InChI=1S/C11H15NO4S/c1-17(15,16)10-5-2-4-9(8-10)12-11(14)6-3-7-13/h2,4-5,8,13H,3,6-7H2,1H3,(H,12,14). The molecule has 0 spiro atoms. The molecule has 1 aromatic rings. The van der Waals surface area contributed by atoms with Crippen molar-refractivity contribution in [2.45, 2.75) is 17.7 Å². The molecule has 0 aliphatic carbocycles. The lowest BCUT2D eigenvalue weighted by molar-refractivity contribution is -0.116. The highest BCUT2D eigenvalue weighted by atomic mass is 32.2. The molecule has 0 saturated heterocycles. The molecule has 0 aromatic heterocycles. The first-order chi connectivity index (χ1) is 7.93. The van der Waals surface area contributed by atoms with E-state index in [1.54, 1.807) is 12.1 Å².